The van der Waals surface area contributed by atoms with Gasteiger partial charge in [0.15, 0.2) is 5.92 Å². The number of carboxylic acid groups (broad SMARTS) is 4. The van der Waals surface area contributed by atoms with E-state index >= 15 is 0 Å². The van der Waals surface area contributed by atoms with Gasteiger partial charge in [0.1, 0.15) is 17.9 Å². The van der Waals surface area contributed by atoms with E-state index in [1.807, 2.05) is 0 Å². The van der Waals surface area contributed by atoms with Crippen molar-refractivity contribution in [3.05, 3.63) is 0 Å². The van der Waals surface area contributed by atoms with Gasteiger partial charge in [0.25, 0.3) is 6.04 Å². The first-order valence-corrected chi connectivity index (χ1v) is 7.17. The van der Waals surface area contributed by atoms with E-state index < -0.39 is 51.8 Å². The van der Waals surface area contributed by atoms with Gasteiger partial charge in [0.05, 0.1) is 0 Å². The summed E-state index contributed by atoms with van der Waals surface area (Å²) in [7, 11) is 0. The topological polar surface area (TPSA) is 181 Å². The summed E-state index contributed by atoms with van der Waals surface area (Å²) in [6.07, 6.45) is -0.127. The molecule has 1 amide bonds. The third-order valence-corrected chi connectivity index (χ3v) is 4.83. The standard InChI is InChI=1S/C13H16N2O9/c16-8(17)6(9(18)19)13-2-1-5-15(12(13)24,14-4-3-13)7(10(20)21)11(22)23/h6-7,14H,1-5H2,(H3-,16,17,18,19,20,21,22,23). The molecule has 11 nitrogen and oxygen atoms in total. The molecule has 2 aliphatic rings. The second-order valence-corrected chi connectivity index (χ2v) is 5.98. The number of piperidine rings is 1. The van der Waals surface area contributed by atoms with Gasteiger partial charge < -0.3 is 25.2 Å². The zero-order valence-corrected chi connectivity index (χ0v) is 12.4. The number of carbonyl (C=O) groups is 5. The second kappa shape index (κ2) is 5.83. The Morgan fingerprint density at radius 2 is 1.67 bits per heavy atom. The lowest BCUT2D eigenvalue weighted by Crippen LogP contribution is -2.81. The first-order chi connectivity index (χ1) is 11.1. The van der Waals surface area contributed by atoms with Crippen molar-refractivity contribution in [1.29, 1.82) is 0 Å². The Bertz CT molecular complexity index is 541. The van der Waals surface area contributed by atoms with E-state index in [9.17, 15) is 44.4 Å². The highest BCUT2D eigenvalue weighted by Crippen LogP contribution is 2.47. The summed E-state index contributed by atoms with van der Waals surface area (Å²) in [5.74, 6) is -10.4. The van der Waals surface area contributed by atoms with Gasteiger partial charge in [-0.3, -0.25) is 9.59 Å². The fourth-order valence-electron chi connectivity index (χ4n) is 3.91. The fourth-order valence-corrected chi connectivity index (χ4v) is 3.91. The van der Waals surface area contributed by atoms with Gasteiger partial charge in [-0.15, -0.1) is 0 Å². The summed E-state index contributed by atoms with van der Waals surface area (Å²) in [6, 6.07) is -2.29. The van der Waals surface area contributed by atoms with Crippen molar-refractivity contribution >= 4 is 29.8 Å². The summed E-state index contributed by atoms with van der Waals surface area (Å²) in [6.45, 7) is -0.308. The van der Waals surface area contributed by atoms with Crippen LogP contribution >= 0.6 is 0 Å². The van der Waals surface area contributed by atoms with Gasteiger partial charge in [-0.25, -0.2) is 9.59 Å². The molecule has 0 aromatic carbocycles. The third-order valence-electron chi connectivity index (χ3n) is 4.83. The van der Waals surface area contributed by atoms with E-state index in [0.29, 0.717) is 0 Å². The van der Waals surface area contributed by atoms with Crippen LogP contribution in [0, 0.1) is 11.3 Å². The molecule has 2 aliphatic heterocycles. The molecule has 0 radical (unpaired) electrons. The number of nitrogens with one attached hydrogen (secondary N) is 1. The number of quaternary nitrogens is 1. The number of hydrogen-bond acceptors (Lipinski definition) is 7. The average Bonchev–Trinajstić information content (AvgIpc) is 2.39. The molecule has 132 valence electrons. The molecular weight excluding hydrogens is 328 g/mol. The highest BCUT2D eigenvalue weighted by molar-refractivity contribution is 6.02. The molecule has 0 saturated carbocycles. The monoisotopic (exact) mass is 344 g/mol. The van der Waals surface area contributed by atoms with Crippen molar-refractivity contribution in [2.45, 2.75) is 25.3 Å². The number of rotatable bonds is 6. The smallest absolute Gasteiger partial charge is 0.371 e. The van der Waals surface area contributed by atoms with Crippen molar-refractivity contribution in [1.82, 2.24) is 5.43 Å². The third kappa shape index (κ3) is 2.32. The average molecular weight is 344 g/mol. The van der Waals surface area contributed by atoms with Crippen molar-refractivity contribution < 1.29 is 49.0 Å². The van der Waals surface area contributed by atoms with Crippen molar-refractivity contribution in [2.75, 3.05) is 13.1 Å². The van der Waals surface area contributed by atoms with Crippen molar-refractivity contribution in [3.8, 4) is 0 Å². The minimum absolute atomic E-state index is 0.0732. The van der Waals surface area contributed by atoms with Gasteiger partial charge in [0.2, 0.25) is 0 Å². The Morgan fingerprint density at radius 3 is 2.12 bits per heavy atom. The molecule has 0 aromatic heterocycles. The predicted octanol–water partition coefficient (Wildman–Crippen LogP) is -2.99. The van der Waals surface area contributed by atoms with E-state index in [1.165, 1.54) is 0 Å². The van der Waals surface area contributed by atoms with Crippen LogP contribution in [0.15, 0.2) is 0 Å². The summed E-state index contributed by atoms with van der Waals surface area (Å²) >= 11 is 0. The Hall–Kier alpha value is -2.53. The van der Waals surface area contributed by atoms with Gasteiger partial charge in [-0.2, -0.15) is 10.0 Å². The maximum absolute atomic E-state index is 13.0. The Labute approximate surface area is 135 Å². The number of hydrogen-bond donors (Lipinski definition) is 4. The van der Waals surface area contributed by atoms with Gasteiger partial charge in [-0.05, 0) is 12.8 Å². The van der Waals surface area contributed by atoms with Crippen LogP contribution in [0.4, 0.5) is 0 Å². The lowest BCUT2D eigenvalue weighted by molar-refractivity contribution is -0.919. The molecule has 2 heterocycles. The van der Waals surface area contributed by atoms with E-state index in [-0.39, 0.29) is 32.4 Å². The SMILES string of the molecule is O=C(O)C(C(=O)O)C12CCC[N+](C(C(=O)[O-])C(=O)O)(NCC1)C2=O. The van der Waals surface area contributed by atoms with Crippen molar-refractivity contribution in [3.63, 3.8) is 0 Å². The van der Waals surface area contributed by atoms with Gasteiger partial charge >= 0.3 is 23.8 Å². The van der Waals surface area contributed by atoms with Crippen LogP contribution in [0.3, 0.4) is 0 Å². The van der Waals surface area contributed by atoms with E-state index in [0.717, 1.165) is 0 Å². The molecule has 0 spiro atoms. The van der Waals surface area contributed by atoms with Crippen LogP contribution in [-0.2, 0) is 24.0 Å². The quantitative estimate of drug-likeness (QED) is 0.286. The molecule has 0 aromatic rings. The summed E-state index contributed by atoms with van der Waals surface area (Å²) in [5, 5.41) is 39.0. The molecule has 3 unspecified atom stereocenters. The van der Waals surface area contributed by atoms with E-state index in [2.05, 4.69) is 5.43 Å². The van der Waals surface area contributed by atoms with Crippen LogP contribution < -0.4 is 10.5 Å². The Balaban J connectivity index is 2.61. The van der Waals surface area contributed by atoms with E-state index in [1.54, 1.807) is 0 Å². The number of amides is 1. The first-order valence-electron chi connectivity index (χ1n) is 7.17. The summed E-state index contributed by atoms with van der Waals surface area (Å²) in [5.41, 5.74) is 0.664. The van der Waals surface area contributed by atoms with Crippen LogP contribution in [-0.4, -0.2) is 68.8 Å². The lowest BCUT2D eigenvalue weighted by Gasteiger charge is -2.53. The molecule has 2 fully saturated rings. The maximum Gasteiger partial charge on any atom is 0.371 e. The van der Waals surface area contributed by atoms with Crippen LogP contribution in [0.2, 0.25) is 0 Å². The lowest BCUT2D eigenvalue weighted by atomic mass is 9.65. The van der Waals surface area contributed by atoms with Gasteiger partial charge in [0, 0.05) is 13.0 Å². The molecule has 11 heteroatoms. The molecule has 24 heavy (non-hydrogen) atoms. The second-order valence-electron chi connectivity index (χ2n) is 5.98. The molecule has 0 aliphatic carbocycles. The minimum atomic E-state index is -2.29. The molecule has 2 saturated heterocycles. The van der Waals surface area contributed by atoms with Crippen molar-refractivity contribution in [2.24, 2.45) is 11.3 Å². The highest BCUT2D eigenvalue weighted by Gasteiger charge is 2.68. The normalized spacial score (nSPS) is 30.6. The van der Waals surface area contributed by atoms with Crippen LogP contribution in [0.25, 0.3) is 0 Å². The minimum Gasteiger partial charge on any atom is -0.543 e. The maximum atomic E-state index is 13.0. The van der Waals surface area contributed by atoms with Crippen LogP contribution in [0.1, 0.15) is 19.3 Å². The van der Waals surface area contributed by atoms with Crippen LogP contribution in [0.5, 0.6) is 0 Å². The highest BCUT2D eigenvalue weighted by atomic mass is 16.4. The molecule has 3 atom stereocenters. The largest absolute Gasteiger partial charge is 0.543 e. The molecule has 4 N–H and O–H groups in total. The number of fused-ring (bicyclic) bond motifs is 2. The number of carbonyl (C=O) groups excluding carboxylic acids is 2. The summed E-state index contributed by atoms with van der Waals surface area (Å²) < 4.78 is -1.24. The Morgan fingerprint density at radius 1 is 1.08 bits per heavy atom. The predicted molar refractivity (Wildman–Crippen MR) is 69.6 cm³/mol. The summed E-state index contributed by atoms with van der Waals surface area (Å²) in [4.78, 5) is 58.5. The number of carboxylic acids is 4. The molecule has 2 bridgehead atoms. The zero-order valence-electron chi connectivity index (χ0n) is 12.4. The molecule has 2 rings (SSSR count). The molecular formula is C13H16N2O9. The zero-order chi connectivity index (χ0) is 18.3. The van der Waals surface area contributed by atoms with Gasteiger partial charge in [-0.1, -0.05) is 0 Å². The number of aliphatic carboxylic acids is 4. The van der Waals surface area contributed by atoms with E-state index in [4.69, 9.17) is 0 Å². The first kappa shape index (κ1) is 17.8. The fraction of sp³-hybridized carbons (Fsp3) is 0.615. The Kier molecular flexibility index (Phi) is 4.33. The number of nitrogens with zero attached hydrogens (tertiary/aromatic N) is 1.